The molecule has 106 valence electrons. The normalized spacial score (nSPS) is 27.2. The number of benzene rings is 1. The van der Waals surface area contributed by atoms with E-state index in [1.807, 2.05) is 13.0 Å². The maximum absolute atomic E-state index is 5.68. The predicted octanol–water partition coefficient (Wildman–Crippen LogP) is 4.00. The van der Waals surface area contributed by atoms with Gasteiger partial charge in [-0.25, -0.2) is 0 Å². The Bertz CT molecular complexity index is 391. The van der Waals surface area contributed by atoms with Crippen LogP contribution in [0.4, 0.5) is 0 Å². The zero-order chi connectivity index (χ0) is 13.7. The minimum Gasteiger partial charge on any atom is -0.494 e. The monoisotopic (exact) mass is 261 g/mol. The highest BCUT2D eigenvalue weighted by atomic mass is 16.5. The third-order valence-corrected chi connectivity index (χ3v) is 4.45. The fourth-order valence-corrected chi connectivity index (χ4v) is 2.93. The molecule has 0 heterocycles. The van der Waals surface area contributed by atoms with Crippen molar-refractivity contribution in [2.45, 2.75) is 52.6 Å². The zero-order valence-electron chi connectivity index (χ0n) is 12.5. The first kappa shape index (κ1) is 14.4. The second-order valence-electron chi connectivity index (χ2n) is 5.89. The van der Waals surface area contributed by atoms with E-state index in [1.54, 1.807) is 0 Å². The van der Waals surface area contributed by atoms with Crippen LogP contribution in [0.5, 0.6) is 5.75 Å². The molecule has 0 aliphatic heterocycles. The van der Waals surface area contributed by atoms with Crippen molar-refractivity contribution in [3.8, 4) is 5.75 Å². The van der Waals surface area contributed by atoms with Crippen LogP contribution in [0.15, 0.2) is 24.3 Å². The van der Waals surface area contributed by atoms with Crippen molar-refractivity contribution in [3.63, 3.8) is 0 Å². The van der Waals surface area contributed by atoms with Gasteiger partial charge in [0.15, 0.2) is 0 Å². The molecule has 1 aromatic carbocycles. The minimum absolute atomic E-state index is 0.667. The van der Waals surface area contributed by atoms with Crippen LogP contribution in [-0.4, -0.2) is 12.6 Å². The van der Waals surface area contributed by atoms with Crippen LogP contribution in [-0.2, 0) is 6.54 Å². The molecule has 0 spiro atoms. The summed E-state index contributed by atoms with van der Waals surface area (Å²) in [7, 11) is 0. The van der Waals surface area contributed by atoms with Gasteiger partial charge in [-0.2, -0.15) is 0 Å². The van der Waals surface area contributed by atoms with Crippen molar-refractivity contribution in [2.75, 3.05) is 6.61 Å². The fraction of sp³-hybridized carbons (Fsp3) is 0.647. The summed E-state index contributed by atoms with van der Waals surface area (Å²) in [5.74, 6) is 2.75. The van der Waals surface area contributed by atoms with E-state index in [9.17, 15) is 0 Å². The van der Waals surface area contributed by atoms with E-state index in [0.29, 0.717) is 6.04 Å². The van der Waals surface area contributed by atoms with Crippen LogP contribution in [0.1, 0.15) is 45.6 Å². The summed E-state index contributed by atoms with van der Waals surface area (Å²) in [4.78, 5) is 0. The summed E-state index contributed by atoms with van der Waals surface area (Å²) in [5, 5.41) is 3.71. The topological polar surface area (TPSA) is 21.3 Å². The number of hydrogen-bond acceptors (Lipinski definition) is 2. The average Bonchev–Trinajstić information content (AvgIpc) is 2.42. The molecule has 3 atom stereocenters. The van der Waals surface area contributed by atoms with E-state index in [0.717, 1.165) is 30.7 Å². The molecule has 1 aromatic rings. The Hall–Kier alpha value is -1.02. The largest absolute Gasteiger partial charge is 0.494 e. The molecule has 1 fully saturated rings. The summed E-state index contributed by atoms with van der Waals surface area (Å²) in [6.45, 7) is 8.45. The summed E-state index contributed by atoms with van der Waals surface area (Å²) in [6.07, 6.45) is 3.96. The van der Waals surface area contributed by atoms with Gasteiger partial charge in [-0.3, -0.25) is 0 Å². The molecule has 2 rings (SSSR count). The molecule has 0 aromatic heterocycles. The molecule has 2 heteroatoms. The SMILES string of the molecule is CCOc1ccccc1CNC1CCC(C)C(C)C1. The van der Waals surface area contributed by atoms with Crippen molar-refractivity contribution < 1.29 is 4.74 Å². The number of ether oxygens (including phenoxy) is 1. The highest BCUT2D eigenvalue weighted by Gasteiger charge is 2.24. The van der Waals surface area contributed by atoms with Gasteiger partial charge >= 0.3 is 0 Å². The summed E-state index contributed by atoms with van der Waals surface area (Å²) < 4.78 is 5.68. The second-order valence-corrected chi connectivity index (χ2v) is 5.89. The van der Waals surface area contributed by atoms with Crippen molar-refractivity contribution >= 4 is 0 Å². The lowest BCUT2D eigenvalue weighted by molar-refractivity contribution is 0.225. The van der Waals surface area contributed by atoms with Crippen LogP contribution in [0, 0.1) is 11.8 Å². The summed E-state index contributed by atoms with van der Waals surface area (Å²) in [6, 6.07) is 9.02. The van der Waals surface area contributed by atoms with Crippen molar-refractivity contribution in [3.05, 3.63) is 29.8 Å². The van der Waals surface area contributed by atoms with Gasteiger partial charge in [0.05, 0.1) is 6.61 Å². The third-order valence-electron chi connectivity index (χ3n) is 4.45. The van der Waals surface area contributed by atoms with Crippen LogP contribution < -0.4 is 10.1 Å². The van der Waals surface area contributed by atoms with Crippen molar-refractivity contribution in [1.29, 1.82) is 0 Å². The first-order valence-corrected chi connectivity index (χ1v) is 7.64. The molecule has 19 heavy (non-hydrogen) atoms. The fourth-order valence-electron chi connectivity index (χ4n) is 2.93. The van der Waals surface area contributed by atoms with Gasteiger partial charge in [0.1, 0.15) is 5.75 Å². The number of nitrogens with one attached hydrogen (secondary N) is 1. The molecule has 0 bridgehead atoms. The highest BCUT2D eigenvalue weighted by Crippen LogP contribution is 2.29. The van der Waals surface area contributed by atoms with Crippen molar-refractivity contribution in [1.82, 2.24) is 5.32 Å². The molecule has 3 unspecified atom stereocenters. The van der Waals surface area contributed by atoms with Crippen LogP contribution >= 0.6 is 0 Å². The standard InChI is InChI=1S/C17H27NO/c1-4-19-17-8-6-5-7-15(17)12-18-16-10-9-13(2)14(3)11-16/h5-8,13-14,16,18H,4,9-12H2,1-3H3. The van der Waals surface area contributed by atoms with E-state index in [-0.39, 0.29) is 0 Å². The Kier molecular flexibility index (Phi) is 5.26. The van der Waals surface area contributed by atoms with E-state index in [4.69, 9.17) is 4.74 Å². The van der Waals surface area contributed by atoms with Crippen LogP contribution in [0.3, 0.4) is 0 Å². The first-order valence-electron chi connectivity index (χ1n) is 7.64. The zero-order valence-corrected chi connectivity index (χ0v) is 12.5. The predicted molar refractivity (Wildman–Crippen MR) is 80.4 cm³/mol. The summed E-state index contributed by atoms with van der Waals surface area (Å²) in [5.41, 5.74) is 1.27. The molecule has 1 aliphatic carbocycles. The van der Waals surface area contributed by atoms with Gasteiger partial charge < -0.3 is 10.1 Å². The van der Waals surface area contributed by atoms with E-state index in [2.05, 4.69) is 37.4 Å². The Morgan fingerprint density at radius 3 is 2.68 bits per heavy atom. The van der Waals surface area contributed by atoms with Gasteiger partial charge in [0, 0.05) is 18.2 Å². The Labute approximate surface area is 117 Å². The number of para-hydroxylation sites is 1. The smallest absolute Gasteiger partial charge is 0.123 e. The minimum atomic E-state index is 0.667. The van der Waals surface area contributed by atoms with Gasteiger partial charge in [0.2, 0.25) is 0 Å². The third kappa shape index (κ3) is 3.97. The molecule has 1 saturated carbocycles. The molecule has 1 N–H and O–H groups in total. The molecule has 0 saturated heterocycles. The van der Waals surface area contributed by atoms with Crippen LogP contribution in [0.25, 0.3) is 0 Å². The van der Waals surface area contributed by atoms with Gasteiger partial charge in [-0.15, -0.1) is 0 Å². The van der Waals surface area contributed by atoms with E-state index in [1.165, 1.54) is 24.8 Å². The lowest BCUT2D eigenvalue weighted by Gasteiger charge is -2.32. The first-order chi connectivity index (χ1) is 9.20. The maximum atomic E-state index is 5.68. The number of rotatable bonds is 5. The van der Waals surface area contributed by atoms with Gasteiger partial charge in [-0.05, 0) is 44.1 Å². The molecule has 0 radical (unpaired) electrons. The van der Waals surface area contributed by atoms with E-state index < -0.39 is 0 Å². The Morgan fingerprint density at radius 2 is 1.95 bits per heavy atom. The number of hydrogen-bond donors (Lipinski definition) is 1. The quantitative estimate of drug-likeness (QED) is 0.865. The maximum Gasteiger partial charge on any atom is 0.123 e. The molecule has 1 aliphatic rings. The van der Waals surface area contributed by atoms with E-state index >= 15 is 0 Å². The second kappa shape index (κ2) is 6.95. The summed E-state index contributed by atoms with van der Waals surface area (Å²) >= 11 is 0. The Balaban J connectivity index is 1.88. The van der Waals surface area contributed by atoms with Gasteiger partial charge in [-0.1, -0.05) is 32.0 Å². The van der Waals surface area contributed by atoms with Crippen molar-refractivity contribution in [2.24, 2.45) is 11.8 Å². The molecule has 0 amide bonds. The average molecular weight is 261 g/mol. The Morgan fingerprint density at radius 1 is 1.16 bits per heavy atom. The van der Waals surface area contributed by atoms with Gasteiger partial charge in [0.25, 0.3) is 0 Å². The van der Waals surface area contributed by atoms with Crippen LogP contribution in [0.2, 0.25) is 0 Å². The highest BCUT2D eigenvalue weighted by molar-refractivity contribution is 5.33. The lowest BCUT2D eigenvalue weighted by Crippen LogP contribution is -2.35. The molecular weight excluding hydrogens is 234 g/mol. The lowest BCUT2D eigenvalue weighted by atomic mass is 9.79. The molecule has 2 nitrogen and oxygen atoms in total. The molecular formula is C17H27NO.